The largest absolute Gasteiger partial charge is 0.497 e. The second kappa shape index (κ2) is 10.0. The Hall–Kier alpha value is -4.41. The zero-order chi connectivity index (χ0) is 24.1. The summed E-state index contributed by atoms with van der Waals surface area (Å²) in [6, 6.07) is 11.2. The first kappa shape index (κ1) is 22.8. The van der Waals surface area contributed by atoms with E-state index >= 15 is 0 Å². The molecule has 0 aliphatic rings. The topological polar surface area (TPSA) is 134 Å². The zero-order valence-electron chi connectivity index (χ0n) is 19.4. The van der Waals surface area contributed by atoms with E-state index in [0.29, 0.717) is 34.9 Å². The van der Waals surface area contributed by atoms with Crippen molar-refractivity contribution >= 4 is 35.1 Å². The Morgan fingerprint density at radius 3 is 2.76 bits per heavy atom. The summed E-state index contributed by atoms with van der Waals surface area (Å²) in [5.74, 6) is 2.82. The van der Waals surface area contributed by atoms with Crippen LogP contribution in [0.2, 0.25) is 0 Å². The maximum atomic E-state index is 11.4. The molecule has 0 aliphatic carbocycles. The van der Waals surface area contributed by atoms with Gasteiger partial charge in [0.25, 0.3) is 0 Å². The SMILES string of the molecule is COc1cc(CCc2cc(Nc3ccnc(N(C)c4cc(C)no4)n3)n[nH]2)cc(NC(C)=O)c1. The van der Waals surface area contributed by atoms with Crippen molar-refractivity contribution in [3.8, 4) is 5.75 Å². The maximum Gasteiger partial charge on any atom is 0.233 e. The van der Waals surface area contributed by atoms with Gasteiger partial charge in [-0.1, -0.05) is 5.16 Å². The number of aromatic nitrogens is 5. The molecule has 0 unspecified atom stereocenters. The molecular weight excluding hydrogens is 436 g/mol. The van der Waals surface area contributed by atoms with E-state index in [1.165, 1.54) is 6.92 Å². The van der Waals surface area contributed by atoms with Gasteiger partial charge in [-0.05, 0) is 43.5 Å². The van der Waals surface area contributed by atoms with Crippen LogP contribution in [0.25, 0.3) is 0 Å². The number of aromatic amines is 1. The fraction of sp³-hybridized carbons (Fsp3) is 0.261. The normalized spacial score (nSPS) is 10.7. The standard InChI is InChI=1S/C23H26N8O3/c1-14-9-22(34-30-14)31(3)23-24-8-7-20(27-23)26-21-13-17(28-29-21)6-5-16-10-18(25-15(2)32)12-19(11-16)33-4/h7-13H,5-6H2,1-4H3,(H,25,32)(H2,24,26,27,28,29). The van der Waals surface area contributed by atoms with Gasteiger partial charge in [0.2, 0.25) is 17.7 Å². The Bertz CT molecular complexity index is 1280. The average Bonchev–Trinajstić information content (AvgIpc) is 3.45. The van der Waals surface area contributed by atoms with E-state index in [1.54, 1.807) is 30.3 Å². The number of rotatable bonds is 9. The summed E-state index contributed by atoms with van der Waals surface area (Å²) in [5.41, 5.74) is 3.48. The van der Waals surface area contributed by atoms with E-state index < -0.39 is 0 Å². The van der Waals surface area contributed by atoms with E-state index in [-0.39, 0.29) is 5.91 Å². The number of hydrogen-bond acceptors (Lipinski definition) is 9. The molecule has 11 nitrogen and oxygen atoms in total. The Labute approximate surface area is 196 Å². The molecule has 176 valence electrons. The highest BCUT2D eigenvalue weighted by Gasteiger charge is 2.13. The molecule has 3 heterocycles. The minimum atomic E-state index is -0.126. The first-order valence-electron chi connectivity index (χ1n) is 10.7. The number of nitrogens with one attached hydrogen (secondary N) is 3. The minimum absolute atomic E-state index is 0.126. The Morgan fingerprint density at radius 1 is 1.18 bits per heavy atom. The number of amides is 1. The summed E-state index contributed by atoms with van der Waals surface area (Å²) < 4.78 is 10.6. The molecule has 0 fully saturated rings. The third-order valence-corrected chi connectivity index (χ3v) is 4.98. The number of hydrogen-bond donors (Lipinski definition) is 3. The van der Waals surface area contributed by atoms with Crippen LogP contribution in [0.1, 0.15) is 23.9 Å². The molecule has 1 amide bonds. The third-order valence-electron chi connectivity index (χ3n) is 4.98. The zero-order valence-corrected chi connectivity index (χ0v) is 19.4. The molecular formula is C23H26N8O3. The summed E-state index contributed by atoms with van der Waals surface area (Å²) in [7, 11) is 3.41. The van der Waals surface area contributed by atoms with Crippen molar-refractivity contribution in [2.24, 2.45) is 0 Å². The molecule has 0 bridgehead atoms. The highest BCUT2D eigenvalue weighted by atomic mass is 16.5. The van der Waals surface area contributed by atoms with E-state index in [4.69, 9.17) is 9.26 Å². The lowest BCUT2D eigenvalue weighted by molar-refractivity contribution is -0.114. The molecule has 0 spiro atoms. The van der Waals surface area contributed by atoms with Crippen LogP contribution in [0.3, 0.4) is 0 Å². The number of nitrogens with zero attached hydrogens (tertiary/aromatic N) is 5. The van der Waals surface area contributed by atoms with Gasteiger partial charge in [0.15, 0.2) is 5.82 Å². The van der Waals surface area contributed by atoms with Crippen molar-refractivity contribution in [2.75, 3.05) is 29.7 Å². The number of carbonyl (C=O) groups excluding carboxylic acids is 1. The molecule has 0 aliphatic heterocycles. The van der Waals surface area contributed by atoms with Crippen molar-refractivity contribution in [3.05, 3.63) is 59.5 Å². The van der Waals surface area contributed by atoms with Crippen LogP contribution in [0.4, 0.5) is 29.2 Å². The molecule has 4 aromatic rings. The van der Waals surface area contributed by atoms with Crippen LogP contribution in [-0.2, 0) is 17.6 Å². The number of carbonyl (C=O) groups is 1. The van der Waals surface area contributed by atoms with E-state index in [2.05, 4.69) is 36.0 Å². The minimum Gasteiger partial charge on any atom is -0.497 e. The quantitative estimate of drug-likeness (QED) is 0.340. The average molecular weight is 463 g/mol. The lowest BCUT2D eigenvalue weighted by Crippen LogP contribution is -2.12. The van der Waals surface area contributed by atoms with Gasteiger partial charge in [-0.2, -0.15) is 10.1 Å². The second-order valence-corrected chi connectivity index (χ2v) is 7.76. The first-order valence-corrected chi connectivity index (χ1v) is 10.7. The number of ether oxygens (including phenoxy) is 1. The molecule has 11 heteroatoms. The molecule has 3 aromatic heterocycles. The van der Waals surface area contributed by atoms with E-state index in [1.807, 2.05) is 38.2 Å². The molecule has 0 atom stereocenters. The van der Waals surface area contributed by atoms with Gasteiger partial charge in [-0.3, -0.25) is 14.8 Å². The summed E-state index contributed by atoms with van der Waals surface area (Å²) in [6.07, 6.45) is 3.13. The predicted octanol–water partition coefficient (Wildman–Crippen LogP) is 3.76. The summed E-state index contributed by atoms with van der Waals surface area (Å²) in [5, 5.41) is 17.3. The van der Waals surface area contributed by atoms with Gasteiger partial charge >= 0.3 is 0 Å². The van der Waals surface area contributed by atoms with Gasteiger partial charge in [0.05, 0.1) is 12.8 Å². The van der Waals surface area contributed by atoms with Crippen molar-refractivity contribution in [1.82, 2.24) is 25.3 Å². The Morgan fingerprint density at radius 2 is 2.03 bits per heavy atom. The molecule has 0 saturated heterocycles. The summed E-state index contributed by atoms with van der Waals surface area (Å²) in [4.78, 5) is 21.9. The molecule has 34 heavy (non-hydrogen) atoms. The van der Waals surface area contributed by atoms with Crippen molar-refractivity contribution < 1.29 is 14.1 Å². The van der Waals surface area contributed by atoms with Gasteiger partial charge in [-0.25, -0.2) is 4.98 Å². The van der Waals surface area contributed by atoms with Crippen molar-refractivity contribution in [2.45, 2.75) is 26.7 Å². The van der Waals surface area contributed by atoms with Crippen molar-refractivity contribution in [3.63, 3.8) is 0 Å². The third kappa shape index (κ3) is 5.68. The summed E-state index contributed by atoms with van der Waals surface area (Å²) in [6.45, 7) is 3.33. The molecule has 4 rings (SSSR count). The fourth-order valence-electron chi connectivity index (χ4n) is 3.35. The number of anilines is 5. The number of aryl methyl sites for hydroxylation is 3. The number of benzene rings is 1. The van der Waals surface area contributed by atoms with Crippen LogP contribution in [-0.4, -0.2) is 45.4 Å². The molecule has 0 radical (unpaired) electrons. The van der Waals surface area contributed by atoms with Crippen LogP contribution >= 0.6 is 0 Å². The van der Waals surface area contributed by atoms with E-state index in [9.17, 15) is 4.79 Å². The van der Waals surface area contributed by atoms with Gasteiger partial charge in [0.1, 0.15) is 11.6 Å². The monoisotopic (exact) mass is 462 g/mol. The molecule has 3 N–H and O–H groups in total. The van der Waals surface area contributed by atoms with Crippen molar-refractivity contribution in [1.29, 1.82) is 0 Å². The Balaban J connectivity index is 1.40. The predicted molar refractivity (Wildman–Crippen MR) is 128 cm³/mol. The first-order chi connectivity index (χ1) is 16.4. The second-order valence-electron chi connectivity index (χ2n) is 7.76. The highest BCUT2D eigenvalue weighted by Crippen LogP contribution is 2.24. The van der Waals surface area contributed by atoms with E-state index in [0.717, 1.165) is 29.8 Å². The van der Waals surface area contributed by atoms with Crippen LogP contribution in [0.5, 0.6) is 5.75 Å². The maximum absolute atomic E-state index is 11.4. The van der Waals surface area contributed by atoms with Gasteiger partial charge in [0, 0.05) is 49.7 Å². The smallest absolute Gasteiger partial charge is 0.233 e. The Kier molecular flexibility index (Phi) is 6.72. The molecule has 1 aromatic carbocycles. The summed E-state index contributed by atoms with van der Waals surface area (Å²) >= 11 is 0. The van der Waals surface area contributed by atoms with Crippen LogP contribution in [0, 0.1) is 6.92 Å². The lowest BCUT2D eigenvalue weighted by atomic mass is 10.1. The van der Waals surface area contributed by atoms with Crippen LogP contribution in [0.15, 0.2) is 47.1 Å². The van der Waals surface area contributed by atoms with Gasteiger partial charge < -0.3 is 19.9 Å². The highest BCUT2D eigenvalue weighted by molar-refractivity contribution is 5.89. The number of H-pyrrole nitrogens is 1. The van der Waals surface area contributed by atoms with Gasteiger partial charge in [-0.15, -0.1) is 0 Å². The fourth-order valence-corrected chi connectivity index (χ4v) is 3.35. The lowest BCUT2D eigenvalue weighted by Gasteiger charge is -2.13. The van der Waals surface area contributed by atoms with Crippen LogP contribution < -0.4 is 20.3 Å². The number of methoxy groups -OCH3 is 1. The molecule has 0 saturated carbocycles.